The molecule has 0 spiro atoms. The third-order valence-electron chi connectivity index (χ3n) is 2.49. The second kappa shape index (κ2) is 4.21. The quantitative estimate of drug-likeness (QED) is 0.797. The molecule has 0 aliphatic heterocycles. The van der Waals surface area contributed by atoms with Gasteiger partial charge < -0.3 is 5.11 Å². The molecule has 0 saturated heterocycles. The predicted octanol–water partition coefficient (Wildman–Crippen LogP) is 1.93. The Morgan fingerprint density at radius 3 is 3.00 bits per heavy atom. The van der Waals surface area contributed by atoms with E-state index in [0.717, 1.165) is 24.8 Å². The zero-order chi connectivity index (χ0) is 10.7. The molecule has 0 saturated carbocycles. The van der Waals surface area contributed by atoms with Crippen molar-refractivity contribution in [3.05, 3.63) is 29.9 Å². The smallest absolute Gasteiger partial charge is 0.339 e. The molecule has 15 heavy (non-hydrogen) atoms. The largest absolute Gasteiger partial charge is 0.478 e. The molecule has 77 valence electrons. The Bertz CT molecular complexity index is 413. The van der Waals surface area contributed by atoms with Gasteiger partial charge in [-0.3, -0.25) is 0 Å². The zero-order valence-electron chi connectivity index (χ0n) is 8.23. The van der Waals surface area contributed by atoms with Crippen LogP contribution in [0.2, 0.25) is 0 Å². The molecule has 1 radical (unpaired) electrons. The molecule has 0 fully saturated rings. The molecular weight excluding hydrogens is 192 g/mol. The van der Waals surface area contributed by atoms with E-state index < -0.39 is 5.97 Å². The van der Waals surface area contributed by atoms with Gasteiger partial charge in [-0.15, -0.1) is 0 Å². The Kier molecular flexibility index (Phi) is 2.76. The van der Waals surface area contributed by atoms with E-state index in [9.17, 15) is 4.79 Å². The SMILES string of the molecule is O=C(O)c1cn[c]nc1C1=CCCCC1. The highest BCUT2D eigenvalue weighted by Crippen LogP contribution is 2.26. The van der Waals surface area contributed by atoms with Gasteiger partial charge in [0.25, 0.3) is 0 Å². The normalized spacial score (nSPS) is 15.9. The Labute approximate surface area is 87.7 Å². The maximum absolute atomic E-state index is 10.9. The number of nitrogens with zero attached hydrogens (tertiary/aromatic N) is 2. The van der Waals surface area contributed by atoms with Gasteiger partial charge in [0.15, 0.2) is 6.33 Å². The fraction of sp³-hybridized carbons (Fsp3) is 0.364. The first-order valence-electron chi connectivity index (χ1n) is 4.95. The number of carboxylic acids is 1. The van der Waals surface area contributed by atoms with Gasteiger partial charge >= 0.3 is 5.97 Å². The first-order chi connectivity index (χ1) is 7.29. The van der Waals surface area contributed by atoms with Crippen LogP contribution in [-0.2, 0) is 0 Å². The minimum Gasteiger partial charge on any atom is -0.478 e. The Balaban J connectivity index is 2.42. The van der Waals surface area contributed by atoms with Gasteiger partial charge in [-0.1, -0.05) is 6.08 Å². The topological polar surface area (TPSA) is 63.1 Å². The van der Waals surface area contributed by atoms with Crippen molar-refractivity contribution in [2.24, 2.45) is 0 Å². The van der Waals surface area contributed by atoms with Crippen LogP contribution in [0.1, 0.15) is 41.7 Å². The van der Waals surface area contributed by atoms with Crippen LogP contribution in [0.5, 0.6) is 0 Å². The van der Waals surface area contributed by atoms with Gasteiger partial charge in [-0.25, -0.2) is 14.8 Å². The second-order valence-electron chi connectivity index (χ2n) is 3.51. The molecule has 2 rings (SSSR count). The fourth-order valence-corrected chi connectivity index (χ4v) is 1.75. The fourth-order valence-electron chi connectivity index (χ4n) is 1.75. The number of carbonyl (C=O) groups is 1. The van der Waals surface area contributed by atoms with Gasteiger partial charge in [0, 0.05) is 6.20 Å². The molecule has 1 heterocycles. The van der Waals surface area contributed by atoms with Crippen molar-refractivity contribution in [3.8, 4) is 0 Å². The monoisotopic (exact) mass is 203 g/mol. The minimum atomic E-state index is -0.981. The minimum absolute atomic E-state index is 0.168. The molecule has 1 aromatic rings. The number of carboxylic acid groups (broad SMARTS) is 1. The van der Waals surface area contributed by atoms with E-state index in [1.807, 2.05) is 0 Å². The van der Waals surface area contributed by atoms with E-state index in [1.54, 1.807) is 0 Å². The van der Waals surface area contributed by atoms with Crippen molar-refractivity contribution >= 4 is 11.5 Å². The highest BCUT2D eigenvalue weighted by atomic mass is 16.4. The van der Waals surface area contributed by atoms with E-state index >= 15 is 0 Å². The van der Waals surface area contributed by atoms with E-state index in [-0.39, 0.29) is 5.56 Å². The summed E-state index contributed by atoms with van der Waals surface area (Å²) in [5.41, 5.74) is 1.71. The van der Waals surface area contributed by atoms with Crippen LogP contribution < -0.4 is 0 Å². The Hall–Kier alpha value is -1.71. The molecule has 1 N–H and O–H groups in total. The van der Waals surface area contributed by atoms with Crippen LogP contribution >= 0.6 is 0 Å². The summed E-state index contributed by atoms with van der Waals surface area (Å²) >= 11 is 0. The molecule has 0 unspecified atom stereocenters. The van der Waals surface area contributed by atoms with Crippen LogP contribution in [0.4, 0.5) is 0 Å². The lowest BCUT2D eigenvalue weighted by atomic mass is 9.95. The molecule has 1 aliphatic carbocycles. The number of allylic oxidation sites excluding steroid dienone is 2. The van der Waals surface area contributed by atoms with Gasteiger partial charge in [0.1, 0.15) is 5.56 Å². The highest BCUT2D eigenvalue weighted by Gasteiger charge is 2.16. The molecule has 0 aromatic carbocycles. The van der Waals surface area contributed by atoms with Gasteiger partial charge in [-0.2, -0.15) is 0 Å². The van der Waals surface area contributed by atoms with Gasteiger partial charge in [0.2, 0.25) is 0 Å². The summed E-state index contributed by atoms with van der Waals surface area (Å²) in [7, 11) is 0. The highest BCUT2D eigenvalue weighted by molar-refractivity contribution is 5.92. The summed E-state index contributed by atoms with van der Waals surface area (Å²) < 4.78 is 0. The lowest BCUT2D eigenvalue weighted by molar-refractivity contribution is 0.0695. The molecular formula is C11H11N2O2. The van der Waals surface area contributed by atoms with E-state index in [1.165, 1.54) is 12.6 Å². The number of aromatic nitrogens is 2. The molecule has 0 amide bonds. The Morgan fingerprint density at radius 2 is 2.33 bits per heavy atom. The number of aromatic carboxylic acids is 1. The number of hydrogen-bond donors (Lipinski definition) is 1. The lowest BCUT2D eigenvalue weighted by Crippen LogP contribution is -2.06. The van der Waals surface area contributed by atoms with Crippen molar-refractivity contribution in [2.45, 2.75) is 25.7 Å². The van der Waals surface area contributed by atoms with Gasteiger partial charge in [0.05, 0.1) is 5.69 Å². The first kappa shape index (κ1) is 9.83. The summed E-state index contributed by atoms with van der Waals surface area (Å²) in [6.45, 7) is 0. The summed E-state index contributed by atoms with van der Waals surface area (Å²) in [6, 6.07) is 0. The zero-order valence-corrected chi connectivity index (χ0v) is 8.23. The van der Waals surface area contributed by atoms with Gasteiger partial charge in [-0.05, 0) is 31.3 Å². The molecule has 1 aromatic heterocycles. The van der Waals surface area contributed by atoms with Crippen LogP contribution in [0.25, 0.3) is 5.57 Å². The molecule has 0 atom stereocenters. The lowest BCUT2D eigenvalue weighted by Gasteiger charge is -2.12. The third-order valence-corrected chi connectivity index (χ3v) is 2.49. The Morgan fingerprint density at radius 1 is 1.47 bits per heavy atom. The van der Waals surface area contributed by atoms with E-state index in [2.05, 4.69) is 22.4 Å². The van der Waals surface area contributed by atoms with Crippen molar-refractivity contribution in [3.63, 3.8) is 0 Å². The third kappa shape index (κ3) is 2.03. The number of rotatable bonds is 2. The summed E-state index contributed by atoms with van der Waals surface area (Å²) in [5.74, 6) is -0.981. The molecule has 1 aliphatic rings. The van der Waals surface area contributed by atoms with Crippen molar-refractivity contribution in [1.82, 2.24) is 9.97 Å². The maximum atomic E-state index is 10.9. The van der Waals surface area contributed by atoms with Crippen molar-refractivity contribution in [1.29, 1.82) is 0 Å². The average Bonchev–Trinajstić information content (AvgIpc) is 2.30. The van der Waals surface area contributed by atoms with Crippen LogP contribution in [-0.4, -0.2) is 21.0 Å². The number of hydrogen-bond acceptors (Lipinski definition) is 3. The molecule has 4 nitrogen and oxygen atoms in total. The second-order valence-corrected chi connectivity index (χ2v) is 3.51. The molecule has 4 heteroatoms. The first-order valence-corrected chi connectivity index (χ1v) is 4.95. The van der Waals surface area contributed by atoms with E-state index in [0.29, 0.717) is 5.69 Å². The predicted molar refractivity (Wildman–Crippen MR) is 54.3 cm³/mol. The van der Waals surface area contributed by atoms with Crippen LogP contribution in [0, 0.1) is 6.33 Å². The van der Waals surface area contributed by atoms with E-state index in [4.69, 9.17) is 5.11 Å². The summed E-state index contributed by atoms with van der Waals surface area (Å²) in [5, 5.41) is 8.98. The van der Waals surface area contributed by atoms with Crippen molar-refractivity contribution in [2.75, 3.05) is 0 Å². The summed E-state index contributed by atoms with van der Waals surface area (Å²) in [6.07, 6.45) is 9.97. The van der Waals surface area contributed by atoms with Crippen LogP contribution in [0.15, 0.2) is 12.3 Å². The van der Waals surface area contributed by atoms with Crippen LogP contribution in [0.3, 0.4) is 0 Å². The average molecular weight is 203 g/mol. The maximum Gasteiger partial charge on any atom is 0.339 e. The van der Waals surface area contributed by atoms with Crippen molar-refractivity contribution < 1.29 is 9.90 Å². The summed E-state index contributed by atoms with van der Waals surface area (Å²) in [4.78, 5) is 18.5. The molecule has 0 bridgehead atoms. The standard InChI is InChI=1S/C11H11N2O2/c14-11(15)9-6-12-7-13-10(9)8-4-2-1-3-5-8/h4,6H,1-3,5H2,(H,14,15).